The fourth-order valence-electron chi connectivity index (χ4n) is 3.59. The Morgan fingerprint density at radius 1 is 1.23 bits per heavy atom. The lowest BCUT2D eigenvalue weighted by atomic mass is 10.0. The molecule has 2 aromatic carbocycles. The molecule has 0 saturated carbocycles. The van der Waals surface area contributed by atoms with Gasteiger partial charge in [-0.2, -0.15) is 15.5 Å². The molecule has 0 spiro atoms. The van der Waals surface area contributed by atoms with Crippen LogP contribution in [0.2, 0.25) is 0 Å². The van der Waals surface area contributed by atoms with Crippen LogP contribution in [0.3, 0.4) is 0 Å². The number of hydrazone groups is 1. The van der Waals surface area contributed by atoms with Crippen LogP contribution in [-0.2, 0) is 11.3 Å². The molecule has 150 valence electrons. The molecular weight excluding hydrogens is 381 g/mol. The van der Waals surface area contributed by atoms with E-state index in [1.165, 1.54) is 17.1 Å². The summed E-state index contributed by atoms with van der Waals surface area (Å²) in [5, 5.41) is 20.0. The first-order valence-corrected chi connectivity index (χ1v) is 9.67. The summed E-state index contributed by atoms with van der Waals surface area (Å²) in [4.78, 5) is 12.7. The van der Waals surface area contributed by atoms with Gasteiger partial charge in [0, 0.05) is 24.4 Å². The molecule has 30 heavy (non-hydrogen) atoms. The topological polar surface area (TPSA) is 74.3 Å². The van der Waals surface area contributed by atoms with Gasteiger partial charge in [-0.05, 0) is 42.3 Å². The lowest BCUT2D eigenvalue weighted by Gasteiger charge is -2.22. The largest absolute Gasteiger partial charge is 0.273 e. The van der Waals surface area contributed by atoms with E-state index in [1.807, 2.05) is 10.7 Å². The summed E-state index contributed by atoms with van der Waals surface area (Å²) in [6.07, 6.45) is 4.85. The molecule has 1 unspecified atom stereocenters. The van der Waals surface area contributed by atoms with Crippen LogP contribution in [0, 0.1) is 17.1 Å². The van der Waals surface area contributed by atoms with Gasteiger partial charge in [0.05, 0.1) is 35.9 Å². The van der Waals surface area contributed by atoms with Gasteiger partial charge in [0.1, 0.15) is 5.82 Å². The first kappa shape index (κ1) is 19.5. The molecule has 4 rings (SSSR count). The van der Waals surface area contributed by atoms with Crippen molar-refractivity contribution >= 4 is 23.0 Å². The Morgan fingerprint density at radius 3 is 2.80 bits per heavy atom. The number of amides is 1. The van der Waals surface area contributed by atoms with E-state index in [9.17, 15) is 9.18 Å². The van der Waals surface area contributed by atoms with Crippen LogP contribution in [0.1, 0.15) is 36.4 Å². The van der Waals surface area contributed by atoms with Crippen LogP contribution in [-0.4, -0.2) is 26.9 Å². The fraction of sp³-hybridized carbons (Fsp3) is 0.217. The van der Waals surface area contributed by atoms with Gasteiger partial charge < -0.3 is 0 Å². The Bertz CT molecular complexity index is 1170. The van der Waals surface area contributed by atoms with Crippen molar-refractivity contribution in [2.45, 2.75) is 31.8 Å². The minimum atomic E-state index is -0.304. The van der Waals surface area contributed by atoms with Gasteiger partial charge in [-0.25, -0.2) is 9.40 Å². The second-order valence-corrected chi connectivity index (χ2v) is 7.28. The molecule has 1 amide bonds. The predicted octanol–water partition coefficient (Wildman–Crippen LogP) is 4.34. The zero-order chi connectivity index (χ0) is 21.1. The quantitative estimate of drug-likeness (QED) is 0.577. The summed E-state index contributed by atoms with van der Waals surface area (Å²) in [6.45, 7) is 4.58. The third-order valence-electron chi connectivity index (χ3n) is 5.18. The van der Waals surface area contributed by atoms with E-state index in [-0.39, 0.29) is 24.2 Å². The number of hydrogen-bond donors (Lipinski definition) is 0. The number of benzene rings is 2. The van der Waals surface area contributed by atoms with Crippen LogP contribution in [0.15, 0.2) is 65.9 Å². The van der Waals surface area contributed by atoms with Crippen molar-refractivity contribution in [3.63, 3.8) is 0 Å². The SMILES string of the molecule is C=C(CCC(=O)N1N=CCC1c1ccc(F)cc1)Cn1ncc2cc(C#N)ccc21. The maximum Gasteiger partial charge on any atom is 0.243 e. The van der Waals surface area contributed by atoms with Crippen molar-refractivity contribution < 1.29 is 9.18 Å². The van der Waals surface area contributed by atoms with E-state index in [0.717, 1.165) is 22.0 Å². The van der Waals surface area contributed by atoms with Gasteiger partial charge in [-0.15, -0.1) is 0 Å². The summed E-state index contributed by atoms with van der Waals surface area (Å²) in [6, 6.07) is 13.5. The number of allylic oxidation sites excluding steroid dienone is 1. The Morgan fingerprint density at radius 2 is 2.03 bits per heavy atom. The van der Waals surface area contributed by atoms with E-state index < -0.39 is 0 Å². The van der Waals surface area contributed by atoms with Crippen molar-refractivity contribution in [3.8, 4) is 6.07 Å². The molecule has 0 saturated heterocycles. The highest BCUT2D eigenvalue weighted by molar-refractivity contribution is 5.81. The third kappa shape index (κ3) is 3.98. The van der Waals surface area contributed by atoms with E-state index >= 15 is 0 Å². The predicted molar refractivity (Wildman–Crippen MR) is 112 cm³/mol. The van der Waals surface area contributed by atoms with Crippen LogP contribution in [0.25, 0.3) is 10.9 Å². The highest BCUT2D eigenvalue weighted by Gasteiger charge is 2.27. The van der Waals surface area contributed by atoms with Crippen molar-refractivity contribution in [1.29, 1.82) is 5.26 Å². The lowest BCUT2D eigenvalue weighted by Crippen LogP contribution is -2.27. The number of nitriles is 1. The Hall–Kier alpha value is -3.79. The number of carbonyl (C=O) groups is 1. The minimum Gasteiger partial charge on any atom is -0.273 e. The third-order valence-corrected chi connectivity index (χ3v) is 5.18. The van der Waals surface area contributed by atoms with Crippen LogP contribution < -0.4 is 0 Å². The van der Waals surface area contributed by atoms with Gasteiger partial charge in [0.2, 0.25) is 5.91 Å². The van der Waals surface area contributed by atoms with Gasteiger partial charge in [0.15, 0.2) is 0 Å². The number of halogens is 1. The van der Waals surface area contributed by atoms with Crippen molar-refractivity contribution in [3.05, 3.63) is 77.8 Å². The highest BCUT2D eigenvalue weighted by Crippen LogP contribution is 2.29. The Balaban J connectivity index is 1.36. The number of nitrogens with zero attached hydrogens (tertiary/aromatic N) is 5. The van der Waals surface area contributed by atoms with Gasteiger partial charge in [-0.3, -0.25) is 9.48 Å². The summed E-state index contributed by atoms with van der Waals surface area (Å²) in [7, 11) is 0. The fourth-order valence-corrected chi connectivity index (χ4v) is 3.59. The number of carbonyl (C=O) groups excluding carboxylic acids is 1. The lowest BCUT2D eigenvalue weighted by molar-refractivity contribution is -0.133. The van der Waals surface area contributed by atoms with E-state index in [1.54, 1.807) is 36.7 Å². The van der Waals surface area contributed by atoms with Gasteiger partial charge in [-0.1, -0.05) is 24.3 Å². The van der Waals surface area contributed by atoms with Crippen molar-refractivity contribution in [2.75, 3.05) is 0 Å². The number of fused-ring (bicyclic) bond motifs is 1. The molecule has 1 atom stereocenters. The minimum absolute atomic E-state index is 0.0942. The molecular formula is C23H20FN5O. The summed E-state index contributed by atoms with van der Waals surface area (Å²) < 4.78 is 15.0. The maximum atomic E-state index is 13.2. The van der Waals surface area contributed by atoms with Crippen molar-refractivity contribution in [1.82, 2.24) is 14.8 Å². The molecule has 0 fully saturated rings. The molecule has 0 aliphatic carbocycles. The van der Waals surface area contributed by atoms with Crippen LogP contribution in [0.5, 0.6) is 0 Å². The molecule has 1 aliphatic rings. The first-order valence-electron chi connectivity index (χ1n) is 9.67. The number of hydrogen-bond acceptors (Lipinski definition) is 4. The van der Waals surface area contributed by atoms with Gasteiger partial charge in [0.25, 0.3) is 0 Å². The summed E-state index contributed by atoms with van der Waals surface area (Å²) >= 11 is 0. The molecule has 7 heteroatoms. The molecule has 1 aromatic heterocycles. The summed E-state index contributed by atoms with van der Waals surface area (Å²) in [5.41, 5.74) is 3.25. The van der Waals surface area contributed by atoms with E-state index in [4.69, 9.17) is 5.26 Å². The average molecular weight is 401 g/mol. The number of rotatable bonds is 6. The van der Waals surface area contributed by atoms with Crippen LogP contribution >= 0.6 is 0 Å². The second-order valence-electron chi connectivity index (χ2n) is 7.28. The zero-order valence-electron chi connectivity index (χ0n) is 16.3. The normalized spacial score (nSPS) is 15.5. The average Bonchev–Trinajstić information content (AvgIpc) is 3.40. The Labute approximate surface area is 173 Å². The van der Waals surface area contributed by atoms with Crippen molar-refractivity contribution in [2.24, 2.45) is 5.10 Å². The number of aromatic nitrogens is 2. The molecule has 0 N–H and O–H groups in total. The Kier molecular flexibility index (Phi) is 5.40. The van der Waals surface area contributed by atoms with E-state index in [2.05, 4.69) is 22.8 Å². The molecule has 2 heterocycles. The molecule has 6 nitrogen and oxygen atoms in total. The second kappa shape index (κ2) is 8.29. The molecule has 1 aliphatic heterocycles. The monoisotopic (exact) mass is 401 g/mol. The van der Waals surface area contributed by atoms with Gasteiger partial charge >= 0.3 is 0 Å². The first-order chi connectivity index (χ1) is 14.5. The van der Waals surface area contributed by atoms with Crippen LogP contribution in [0.4, 0.5) is 4.39 Å². The zero-order valence-corrected chi connectivity index (χ0v) is 16.3. The summed E-state index contributed by atoms with van der Waals surface area (Å²) in [5.74, 6) is -0.398. The standard InChI is InChI=1S/C23H20FN5O/c1-16(15-28-21-8-3-17(13-25)12-19(21)14-27-28)2-9-23(30)29-22(10-11-26-29)18-4-6-20(24)7-5-18/h3-8,11-12,14,22H,1-2,9-10,15H2. The molecule has 3 aromatic rings. The van der Waals surface area contributed by atoms with E-state index in [0.29, 0.717) is 24.9 Å². The smallest absolute Gasteiger partial charge is 0.243 e. The molecule has 0 radical (unpaired) electrons. The molecule has 0 bridgehead atoms. The highest BCUT2D eigenvalue weighted by atomic mass is 19.1. The maximum absolute atomic E-state index is 13.2.